The van der Waals surface area contributed by atoms with E-state index in [0.29, 0.717) is 29.4 Å². The molecule has 2 amide bonds. The van der Waals surface area contributed by atoms with Crippen LogP contribution in [0.2, 0.25) is 5.02 Å². The number of carbonyl (C=O) groups is 2. The molecule has 32 heavy (non-hydrogen) atoms. The van der Waals surface area contributed by atoms with Crippen LogP contribution in [0.4, 0.5) is 0 Å². The third kappa shape index (κ3) is 5.86. The van der Waals surface area contributed by atoms with Crippen LogP contribution in [0.1, 0.15) is 66.4 Å². The number of benzene rings is 2. The molecule has 6 heteroatoms. The fourth-order valence-electron chi connectivity index (χ4n) is 3.53. The molecule has 0 saturated carbocycles. The molecule has 0 unspecified atom stereocenters. The Labute approximate surface area is 196 Å². The van der Waals surface area contributed by atoms with E-state index in [0.717, 1.165) is 22.7 Å². The topological polar surface area (TPSA) is 55.2 Å². The largest absolute Gasteiger partial charge is 0.319 e. The molecule has 0 bridgehead atoms. The number of amides is 2. The lowest BCUT2D eigenvalue weighted by atomic mass is 10.0. The molecule has 0 radical (unpaired) electrons. The van der Waals surface area contributed by atoms with E-state index in [2.05, 4.69) is 19.1 Å². The van der Waals surface area contributed by atoms with Gasteiger partial charge in [0, 0.05) is 32.0 Å². The van der Waals surface area contributed by atoms with Crippen LogP contribution >= 0.6 is 11.6 Å². The molecule has 0 fully saturated rings. The van der Waals surface area contributed by atoms with Gasteiger partial charge < -0.3 is 4.57 Å². The summed E-state index contributed by atoms with van der Waals surface area (Å²) in [7, 11) is 1.50. The number of imidazole rings is 1. The Morgan fingerprint density at radius 3 is 2.19 bits per heavy atom. The molecule has 0 N–H and O–H groups in total. The zero-order valence-corrected chi connectivity index (χ0v) is 20.5. The maximum atomic E-state index is 13.1. The van der Waals surface area contributed by atoms with Crippen molar-refractivity contribution in [1.82, 2.24) is 14.5 Å². The molecule has 5 nitrogen and oxygen atoms in total. The molecule has 0 spiro atoms. The average Bonchev–Trinajstić information content (AvgIpc) is 3.10. The summed E-state index contributed by atoms with van der Waals surface area (Å²) in [6, 6.07) is 15.8. The maximum Gasteiger partial charge on any atom is 0.278 e. The van der Waals surface area contributed by atoms with Crippen LogP contribution in [0.5, 0.6) is 0 Å². The zero-order valence-electron chi connectivity index (χ0n) is 19.8. The Morgan fingerprint density at radius 2 is 1.62 bits per heavy atom. The SMILES string of the molecule is CC.CCc1ccccc1Cc1nc(C)c(C(=O)N(C)C(C)=O)n1Cc1ccc(Cl)cc1. The van der Waals surface area contributed by atoms with Gasteiger partial charge in [0.2, 0.25) is 5.91 Å². The highest BCUT2D eigenvalue weighted by Gasteiger charge is 2.25. The molecule has 0 aliphatic rings. The summed E-state index contributed by atoms with van der Waals surface area (Å²) >= 11 is 6.03. The molecule has 1 aromatic heterocycles. The monoisotopic (exact) mass is 453 g/mol. The van der Waals surface area contributed by atoms with E-state index in [-0.39, 0.29) is 11.8 Å². The standard InChI is InChI=1S/C24H26ClN3O2.C2H6/c1-5-19-8-6-7-9-20(19)14-22-26-16(2)23(24(30)27(4)17(3)29)28(22)15-18-10-12-21(25)13-11-18;1-2/h6-13H,5,14-15H2,1-4H3;1-2H3. The highest BCUT2D eigenvalue weighted by molar-refractivity contribution is 6.30. The molecular weight excluding hydrogens is 422 g/mol. The number of imide groups is 1. The van der Waals surface area contributed by atoms with Gasteiger partial charge in [0.15, 0.2) is 0 Å². The van der Waals surface area contributed by atoms with Gasteiger partial charge in [-0.3, -0.25) is 14.5 Å². The Hall–Kier alpha value is -2.92. The summed E-state index contributed by atoms with van der Waals surface area (Å²) in [5.41, 5.74) is 4.49. The third-order valence-corrected chi connectivity index (χ3v) is 5.55. The Bertz CT molecular complexity index is 1070. The average molecular weight is 454 g/mol. The molecular formula is C26H32ClN3O2. The molecule has 3 rings (SSSR count). The molecule has 0 aliphatic carbocycles. The Balaban J connectivity index is 0.00000176. The van der Waals surface area contributed by atoms with Crippen LogP contribution in [-0.4, -0.2) is 33.3 Å². The van der Waals surface area contributed by atoms with E-state index in [1.54, 1.807) is 0 Å². The van der Waals surface area contributed by atoms with Crippen molar-refractivity contribution in [2.75, 3.05) is 7.05 Å². The van der Waals surface area contributed by atoms with Gasteiger partial charge in [0.05, 0.1) is 5.69 Å². The van der Waals surface area contributed by atoms with Gasteiger partial charge in [-0.15, -0.1) is 0 Å². The van der Waals surface area contributed by atoms with E-state index < -0.39 is 0 Å². The first kappa shape index (κ1) is 25.3. The van der Waals surface area contributed by atoms with Gasteiger partial charge >= 0.3 is 0 Å². The smallest absolute Gasteiger partial charge is 0.278 e. The Morgan fingerprint density at radius 1 is 1.03 bits per heavy atom. The van der Waals surface area contributed by atoms with Gasteiger partial charge in [0.1, 0.15) is 11.5 Å². The molecule has 3 aromatic rings. The van der Waals surface area contributed by atoms with E-state index >= 15 is 0 Å². The molecule has 0 saturated heterocycles. The number of aryl methyl sites for hydroxylation is 2. The van der Waals surface area contributed by atoms with Crippen molar-refractivity contribution in [2.24, 2.45) is 0 Å². The van der Waals surface area contributed by atoms with E-state index in [1.165, 1.54) is 25.1 Å². The molecule has 0 aliphatic heterocycles. The minimum Gasteiger partial charge on any atom is -0.319 e. The number of halogens is 1. The Kier molecular flexibility index (Phi) is 9.21. The van der Waals surface area contributed by atoms with Crippen LogP contribution in [0.15, 0.2) is 48.5 Å². The second-order valence-electron chi connectivity index (χ2n) is 7.36. The van der Waals surface area contributed by atoms with Crippen molar-refractivity contribution in [3.05, 3.63) is 87.5 Å². The third-order valence-electron chi connectivity index (χ3n) is 5.30. The first-order chi connectivity index (χ1) is 15.3. The van der Waals surface area contributed by atoms with Crippen LogP contribution in [0, 0.1) is 6.92 Å². The second-order valence-corrected chi connectivity index (χ2v) is 7.79. The molecule has 1 heterocycles. The minimum atomic E-state index is -0.350. The quantitative estimate of drug-likeness (QED) is 0.481. The zero-order chi connectivity index (χ0) is 23.8. The van der Waals surface area contributed by atoms with Crippen LogP contribution < -0.4 is 0 Å². The molecule has 2 aromatic carbocycles. The summed E-state index contributed by atoms with van der Waals surface area (Å²) in [4.78, 5) is 30.8. The van der Waals surface area contributed by atoms with Gasteiger partial charge in [-0.1, -0.05) is 68.8 Å². The number of nitrogens with zero attached hydrogens (tertiary/aromatic N) is 3. The summed E-state index contributed by atoms with van der Waals surface area (Å²) in [6.45, 7) is 9.79. The lowest BCUT2D eigenvalue weighted by Crippen LogP contribution is -2.33. The van der Waals surface area contributed by atoms with Crippen molar-refractivity contribution in [2.45, 2.75) is 54.0 Å². The molecule has 0 atom stereocenters. The van der Waals surface area contributed by atoms with Crippen molar-refractivity contribution < 1.29 is 9.59 Å². The van der Waals surface area contributed by atoms with Crippen LogP contribution in [0.25, 0.3) is 0 Å². The van der Waals surface area contributed by atoms with Crippen LogP contribution in [-0.2, 0) is 24.2 Å². The summed E-state index contributed by atoms with van der Waals surface area (Å²) < 4.78 is 1.92. The lowest BCUT2D eigenvalue weighted by molar-refractivity contribution is -0.125. The van der Waals surface area contributed by atoms with Crippen molar-refractivity contribution in [3.8, 4) is 0 Å². The summed E-state index contributed by atoms with van der Waals surface area (Å²) in [6.07, 6.45) is 1.53. The first-order valence-corrected chi connectivity index (χ1v) is 11.4. The van der Waals surface area contributed by atoms with Crippen molar-refractivity contribution in [1.29, 1.82) is 0 Å². The summed E-state index contributed by atoms with van der Waals surface area (Å²) in [5, 5.41) is 0.658. The number of rotatable bonds is 6. The van der Waals surface area contributed by atoms with Gasteiger partial charge in [0.25, 0.3) is 5.91 Å². The van der Waals surface area contributed by atoms with E-state index in [9.17, 15) is 9.59 Å². The fourth-order valence-corrected chi connectivity index (χ4v) is 3.65. The van der Waals surface area contributed by atoms with E-state index in [1.807, 2.05) is 61.7 Å². The van der Waals surface area contributed by atoms with E-state index in [4.69, 9.17) is 16.6 Å². The van der Waals surface area contributed by atoms with Crippen molar-refractivity contribution in [3.63, 3.8) is 0 Å². The highest BCUT2D eigenvalue weighted by atomic mass is 35.5. The highest BCUT2D eigenvalue weighted by Crippen LogP contribution is 2.21. The number of aromatic nitrogens is 2. The number of carbonyl (C=O) groups excluding carboxylic acids is 2. The number of hydrogen-bond donors (Lipinski definition) is 0. The summed E-state index contributed by atoms with van der Waals surface area (Å²) in [5.74, 6) is 0.136. The molecule has 170 valence electrons. The predicted octanol–water partition coefficient (Wildman–Crippen LogP) is 5.69. The predicted molar refractivity (Wildman–Crippen MR) is 130 cm³/mol. The second kappa shape index (κ2) is 11.6. The van der Waals surface area contributed by atoms with Gasteiger partial charge in [-0.25, -0.2) is 4.98 Å². The first-order valence-electron chi connectivity index (χ1n) is 11.0. The fraction of sp³-hybridized carbons (Fsp3) is 0.346. The maximum absolute atomic E-state index is 13.1. The van der Waals surface area contributed by atoms with Gasteiger partial charge in [-0.05, 0) is 42.2 Å². The van der Waals surface area contributed by atoms with Crippen molar-refractivity contribution >= 4 is 23.4 Å². The van der Waals surface area contributed by atoms with Crippen LogP contribution in [0.3, 0.4) is 0 Å². The minimum absolute atomic E-state index is 0.309. The number of hydrogen-bond acceptors (Lipinski definition) is 3. The van der Waals surface area contributed by atoms with Gasteiger partial charge in [-0.2, -0.15) is 0 Å². The normalized spacial score (nSPS) is 10.3. The lowest BCUT2D eigenvalue weighted by Gasteiger charge is -2.17.